The zero-order valence-electron chi connectivity index (χ0n) is 12.7. The number of hydrogen-bond acceptors (Lipinski definition) is 2. The Balaban J connectivity index is 1.81. The lowest BCUT2D eigenvalue weighted by Gasteiger charge is -2.37. The largest absolute Gasteiger partial charge is 0.497 e. The van der Waals surface area contributed by atoms with Crippen molar-refractivity contribution in [3.05, 3.63) is 70.0 Å². The first kappa shape index (κ1) is 14.8. The average molecular weight is 374 g/mol. The molecule has 2 aromatic rings. The molecule has 4 rings (SSSR count). The molecule has 0 aromatic heterocycles. The second-order valence-electron chi connectivity index (χ2n) is 6.10. The van der Waals surface area contributed by atoms with Gasteiger partial charge in [-0.1, -0.05) is 40.2 Å². The Labute approximate surface area is 143 Å². The van der Waals surface area contributed by atoms with Gasteiger partial charge in [0.05, 0.1) is 18.8 Å². The Morgan fingerprint density at radius 1 is 1.26 bits per heavy atom. The van der Waals surface area contributed by atoms with E-state index in [1.54, 1.807) is 7.11 Å². The minimum Gasteiger partial charge on any atom is -0.497 e. The summed E-state index contributed by atoms with van der Waals surface area (Å²) in [6, 6.07) is 11.7. The van der Waals surface area contributed by atoms with E-state index in [0.717, 1.165) is 27.8 Å². The number of ether oxygens (including phenoxy) is 1. The monoisotopic (exact) mass is 373 g/mol. The Morgan fingerprint density at radius 3 is 2.96 bits per heavy atom. The van der Waals surface area contributed by atoms with Gasteiger partial charge in [-0.25, -0.2) is 4.39 Å². The van der Waals surface area contributed by atoms with Gasteiger partial charge in [0.1, 0.15) is 11.6 Å². The van der Waals surface area contributed by atoms with Crippen LogP contribution in [0.2, 0.25) is 0 Å². The van der Waals surface area contributed by atoms with Crippen molar-refractivity contribution in [1.29, 1.82) is 0 Å². The van der Waals surface area contributed by atoms with Crippen molar-refractivity contribution >= 4 is 21.6 Å². The van der Waals surface area contributed by atoms with Gasteiger partial charge in [0.25, 0.3) is 0 Å². The van der Waals surface area contributed by atoms with E-state index in [2.05, 4.69) is 39.5 Å². The van der Waals surface area contributed by atoms with Crippen LogP contribution >= 0.6 is 15.9 Å². The quantitative estimate of drug-likeness (QED) is 0.709. The highest BCUT2D eigenvalue weighted by molar-refractivity contribution is 9.10. The van der Waals surface area contributed by atoms with Gasteiger partial charge >= 0.3 is 0 Å². The van der Waals surface area contributed by atoms with Gasteiger partial charge in [0, 0.05) is 10.4 Å². The molecule has 1 aliphatic carbocycles. The van der Waals surface area contributed by atoms with Gasteiger partial charge in [0.15, 0.2) is 0 Å². The summed E-state index contributed by atoms with van der Waals surface area (Å²) in [7, 11) is 1.67. The average Bonchev–Trinajstić information content (AvgIpc) is 3.04. The fourth-order valence-electron chi connectivity index (χ4n) is 3.79. The van der Waals surface area contributed by atoms with E-state index in [-0.39, 0.29) is 17.8 Å². The summed E-state index contributed by atoms with van der Waals surface area (Å²) >= 11 is 3.41. The smallest absolute Gasteiger partial charge is 0.147 e. The molecule has 118 valence electrons. The third-order valence-corrected chi connectivity index (χ3v) is 5.30. The number of nitrogens with one attached hydrogen (secondary N) is 1. The normalized spacial score (nSPS) is 24.7. The number of anilines is 1. The molecule has 2 aliphatic rings. The third kappa shape index (κ3) is 2.45. The van der Waals surface area contributed by atoms with Crippen LogP contribution in [0.15, 0.2) is 53.0 Å². The molecule has 2 aromatic carbocycles. The molecule has 0 bridgehead atoms. The second kappa shape index (κ2) is 5.68. The van der Waals surface area contributed by atoms with E-state index in [4.69, 9.17) is 4.74 Å². The molecule has 0 radical (unpaired) electrons. The Bertz CT molecular complexity index is 789. The van der Waals surface area contributed by atoms with E-state index < -0.39 is 0 Å². The molecule has 4 heteroatoms. The lowest BCUT2D eigenvalue weighted by Crippen LogP contribution is -2.29. The first-order chi connectivity index (χ1) is 11.2. The highest BCUT2D eigenvalue weighted by Crippen LogP contribution is 2.51. The number of allylic oxidation sites excluding steroid dienone is 2. The number of benzene rings is 2. The number of fused-ring (bicyclic) bond motifs is 3. The third-order valence-electron chi connectivity index (χ3n) is 4.84. The van der Waals surface area contributed by atoms with Crippen LogP contribution in [0.4, 0.5) is 10.1 Å². The van der Waals surface area contributed by atoms with Crippen molar-refractivity contribution in [2.45, 2.75) is 18.4 Å². The van der Waals surface area contributed by atoms with Crippen LogP contribution in [0, 0.1) is 11.7 Å². The number of rotatable bonds is 2. The molecule has 23 heavy (non-hydrogen) atoms. The van der Waals surface area contributed by atoms with E-state index >= 15 is 0 Å². The van der Waals surface area contributed by atoms with Crippen molar-refractivity contribution in [2.75, 3.05) is 12.4 Å². The van der Waals surface area contributed by atoms with Crippen molar-refractivity contribution in [2.24, 2.45) is 5.92 Å². The predicted molar refractivity (Wildman–Crippen MR) is 93.4 cm³/mol. The molecule has 2 nitrogen and oxygen atoms in total. The molecule has 1 aliphatic heterocycles. The van der Waals surface area contributed by atoms with E-state index in [1.807, 2.05) is 24.3 Å². The van der Waals surface area contributed by atoms with E-state index in [9.17, 15) is 4.39 Å². The Hall–Kier alpha value is -1.81. The summed E-state index contributed by atoms with van der Waals surface area (Å²) in [4.78, 5) is 0. The maximum atomic E-state index is 14.5. The van der Waals surface area contributed by atoms with Gasteiger partial charge in [0.2, 0.25) is 0 Å². The summed E-state index contributed by atoms with van der Waals surface area (Å²) in [5, 5.41) is 3.44. The number of halogens is 2. The number of methoxy groups -OCH3 is 1. The lowest BCUT2D eigenvalue weighted by atomic mass is 9.77. The van der Waals surface area contributed by atoms with Crippen LogP contribution in [-0.4, -0.2) is 7.11 Å². The topological polar surface area (TPSA) is 21.3 Å². The molecular weight excluding hydrogens is 357 g/mol. The van der Waals surface area contributed by atoms with Gasteiger partial charge in [-0.15, -0.1) is 0 Å². The molecule has 1 N–H and O–H groups in total. The standard InChI is InChI=1S/C19H17BrFNO/c1-23-13-5-2-4-11(8-13)18-15-7-3-6-14(15)16-9-12(20)10-17(21)19(16)22-18/h2-6,8-10,14-15,18,22H,7H2,1H3/t14-,15+,18-/m0/s1. The van der Waals surface area contributed by atoms with Gasteiger partial charge in [-0.2, -0.15) is 0 Å². The molecule has 3 atom stereocenters. The van der Waals surface area contributed by atoms with Crippen molar-refractivity contribution < 1.29 is 9.13 Å². The summed E-state index contributed by atoms with van der Waals surface area (Å²) in [5.74, 6) is 1.26. The Kier molecular flexibility index (Phi) is 3.64. The minimum atomic E-state index is -0.207. The fourth-order valence-corrected chi connectivity index (χ4v) is 4.23. The summed E-state index contributed by atoms with van der Waals surface area (Å²) in [6.07, 6.45) is 5.41. The van der Waals surface area contributed by atoms with Crippen molar-refractivity contribution in [1.82, 2.24) is 0 Å². The minimum absolute atomic E-state index is 0.0771. The molecule has 0 fully saturated rings. The highest BCUT2D eigenvalue weighted by atomic mass is 79.9. The number of hydrogen-bond donors (Lipinski definition) is 1. The zero-order chi connectivity index (χ0) is 16.0. The summed E-state index contributed by atoms with van der Waals surface area (Å²) in [6.45, 7) is 0. The highest BCUT2D eigenvalue weighted by Gasteiger charge is 2.39. The summed E-state index contributed by atoms with van der Waals surface area (Å²) < 4.78 is 20.6. The fraction of sp³-hybridized carbons (Fsp3) is 0.263. The molecule has 0 saturated carbocycles. The molecule has 0 saturated heterocycles. The summed E-state index contributed by atoms with van der Waals surface area (Å²) in [5.41, 5.74) is 2.79. The first-order valence-electron chi connectivity index (χ1n) is 7.73. The lowest BCUT2D eigenvalue weighted by molar-refractivity contribution is 0.405. The van der Waals surface area contributed by atoms with Gasteiger partial charge in [-0.05, 0) is 47.7 Å². The van der Waals surface area contributed by atoms with Crippen LogP contribution in [0.25, 0.3) is 0 Å². The van der Waals surface area contributed by atoms with Crippen LogP contribution in [0.1, 0.15) is 29.5 Å². The van der Waals surface area contributed by atoms with Crippen LogP contribution in [0.3, 0.4) is 0 Å². The molecule has 0 unspecified atom stereocenters. The second-order valence-corrected chi connectivity index (χ2v) is 7.02. The molecule has 0 amide bonds. The van der Waals surface area contributed by atoms with E-state index in [1.165, 1.54) is 6.07 Å². The van der Waals surface area contributed by atoms with Crippen LogP contribution in [-0.2, 0) is 0 Å². The van der Waals surface area contributed by atoms with Gasteiger partial charge < -0.3 is 10.1 Å². The van der Waals surface area contributed by atoms with Gasteiger partial charge in [-0.3, -0.25) is 0 Å². The predicted octanol–water partition coefficient (Wildman–Crippen LogP) is 5.42. The molecular formula is C19H17BrFNO. The maximum Gasteiger partial charge on any atom is 0.147 e. The van der Waals surface area contributed by atoms with E-state index in [0.29, 0.717) is 11.6 Å². The van der Waals surface area contributed by atoms with Crippen molar-refractivity contribution in [3.63, 3.8) is 0 Å². The molecule has 1 heterocycles. The first-order valence-corrected chi connectivity index (χ1v) is 8.53. The van der Waals surface area contributed by atoms with Crippen molar-refractivity contribution in [3.8, 4) is 5.75 Å². The van der Waals surface area contributed by atoms with Crippen LogP contribution < -0.4 is 10.1 Å². The van der Waals surface area contributed by atoms with Crippen LogP contribution in [0.5, 0.6) is 5.75 Å². The SMILES string of the molecule is COc1cccc([C@@H]2Nc3c(F)cc(Br)cc3[C@H]3C=CC[C@H]32)c1. The Morgan fingerprint density at radius 2 is 2.13 bits per heavy atom. The zero-order valence-corrected chi connectivity index (χ0v) is 14.3. The maximum absolute atomic E-state index is 14.5. The molecule has 0 spiro atoms.